The highest BCUT2D eigenvalue weighted by Crippen LogP contribution is 2.28. The maximum absolute atomic E-state index is 11.2. The Morgan fingerprint density at radius 3 is 2.67 bits per heavy atom. The van der Waals surface area contributed by atoms with Gasteiger partial charge in [0.25, 0.3) is 0 Å². The molecular weight excluding hydrogens is 368 g/mol. The minimum Gasteiger partial charge on any atom is -0.465 e. The van der Waals surface area contributed by atoms with Crippen molar-refractivity contribution in [3.63, 3.8) is 0 Å². The third kappa shape index (κ3) is 4.80. The smallest absolute Gasteiger partial charge is 0.407 e. The second-order valence-corrected chi connectivity index (χ2v) is 7.28. The van der Waals surface area contributed by atoms with E-state index in [0.29, 0.717) is 17.5 Å². The Morgan fingerprint density at radius 2 is 2.00 bits per heavy atom. The van der Waals surface area contributed by atoms with Crippen LogP contribution in [0.25, 0.3) is 10.9 Å². The lowest BCUT2D eigenvalue weighted by Gasteiger charge is -2.33. The maximum Gasteiger partial charge on any atom is 0.407 e. The summed E-state index contributed by atoms with van der Waals surface area (Å²) in [6.45, 7) is 1.79. The Bertz CT molecular complexity index is 837. The molecule has 2 aromatic rings. The van der Waals surface area contributed by atoms with Crippen molar-refractivity contribution in [3.8, 4) is 0 Å². The summed E-state index contributed by atoms with van der Waals surface area (Å²) in [6, 6.07) is 9.79. The number of primary amides is 1. The molecule has 2 heterocycles. The minimum absolute atomic E-state index is 0.254. The van der Waals surface area contributed by atoms with Gasteiger partial charge >= 0.3 is 6.09 Å². The third-order valence-corrected chi connectivity index (χ3v) is 5.32. The van der Waals surface area contributed by atoms with Gasteiger partial charge in [0.05, 0.1) is 10.5 Å². The molecule has 0 spiro atoms. The number of carboxylic acid groups (broad SMARTS) is 1. The molecule has 1 aliphatic rings. The summed E-state index contributed by atoms with van der Waals surface area (Å²) in [5.74, 6) is 0.697. The quantitative estimate of drug-likeness (QED) is 0.789. The molecule has 0 aliphatic carbocycles. The van der Waals surface area contributed by atoms with Crippen molar-refractivity contribution in [3.05, 3.63) is 35.4 Å². The number of amides is 2. The largest absolute Gasteiger partial charge is 0.465 e. The number of nitrogens with two attached hydrogens (primary N) is 1. The second-order valence-electron chi connectivity index (χ2n) is 6.87. The molecule has 0 bridgehead atoms. The molecule has 1 aromatic heterocycles. The number of hydrogen-bond acceptors (Lipinski definition) is 4. The van der Waals surface area contributed by atoms with Crippen LogP contribution in [0.3, 0.4) is 0 Å². The van der Waals surface area contributed by atoms with Crippen molar-refractivity contribution in [1.82, 2.24) is 9.88 Å². The van der Waals surface area contributed by atoms with Gasteiger partial charge in [-0.05, 0) is 43.4 Å². The van der Waals surface area contributed by atoms with Crippen molar-refractivity contribution in [2.24, 2.45) is 11.7 Å². The molecule has 144 valence electrons. The first-order valence-corrected chi connectivity index (χ1v) is 9.38. The molecular formula is C19H23ClN4O3. The summed E-state index contributed by atoms with van der Waals surface area (Å²) in [4.78, 5) is 30.2. The van der Waals surface area contributed by atoms with Crippen molar-refractivity contribution < 1.29 is 14.7 Å². The van der Waals surface area contributed by atoms with Crippen LogP contribution in [-0.4, -0.2) is 53.2 Å². The Balaban J connectivity index is 1.56. The molecule has 0 saturated carbocycles. The van der Waals surface area contributed by atoms with Gasteiger partial charge in [0.2, 0.25) is 5.91 Å². The van der Waals surface area contributed by atoms with Crippen molar-refractivity contribution >= 4 is 40.3 Å². The standard InChI is InChI=1S/C19H23ClN4O3/c20-15-3-1-2-14-4-5-17(22-18(14)15)23-9-6-13(7-10-23)8-11-24(19(26)27)12-16(21)25/h1-5,13H,6-12H2,(H2,21,25)(H,26,27). The van der Waals surface area contributed by atoms with E-state index in [1.165, 1.54) is 0 Å². The Labute approximate surface area is 162 Å². The SMILES string of the molecule is NC(=O)CN(CCC1CCN(c2ccc3cccc(Cl)c3n2)CC1)C(=O)O. The average molecular weight is 391 g/mol. The molecule has 1 saturated heterocycles. The van der Waals surface area contributed by atoms with Crippen LogP contribution < -0.4 is 10.6 Å². The second kappa shape index (κ2) is 8.43. The van der Waals surface area contributed by atoms with Gasteiger partial charge in [-0.3, -0.25) is 9.69 Å². The van der Waals surface area contributed by atoms with E-state index in [9.17, 15) is 9.59 Å². The van der Waals surface area contributed by atoms with E-state index in [1.807, 2.05) is 30.3 Å². The number of benzene rings is 1. The number of pyridine rings is 1. The Morgan fingerprint density at radius 1 is 1.26 bits per heavy atom. The highest BCUT2D eigenvalue weighted by atomic mass is 35.5. The number of rotatable bonds is 6. The normalized spacial score (nSPS) is 15.1. The first-order chi connectivity index (χ1) is 12.9. The van der Waals surface area contributed by atoms with Gasteiger partial charge in [0.15, 0.2) is 0 Å². The van der Waals surface area contributed by atoms with Gasteiger partial charge in [-0.2, -0.15) is 0 Å². The summed E-state index contributed by atoms with van der Waals surface area (Å²) >= 11 is 6.26. The third-order valence-electron chi connectivity index (χ3n) is 5.02. The van der Waals surface area contributed by atoms with E-state index < -0.39 is 12.0 Å². The average Bonchev–Trinajstić information content (AvgIpc) is 2.65. The lowest BCUT2D eigenvalue weighted by molar-refractivity contribution is -0.118. The monoisotopic (exact) mass is 390 g/mol. The summed E-state index contributed by atoms with van der Waals surface area (Å²) in [6.07, 6.45) is 1.52. The van der Waals surface area contributed by atoms with Gasteiger partial charge in [0, 0.05) is 25.0 Å². The fourth-order valence-electron chi connectivity index (χ4n) is 3.50. The van der Waals surface area contributed by atoms with Crippen LogP contribution >= 0.6 is 11.6 Å². The molecule has 8 heteroatoms. The number of anilines is 1. The molecule has 1 aromatic carbocycles. The Kier molecular flexibility index (Phi) is 6.01. The van der Waals surface area contributed by atoms with Crippen LogP contribution in [0.4, 0.5) is 10.6 Å². The number of aromatic nitrogens is 1. The van der Waals surface area contributed by atoms with Gasteiger partial charge in [0.1, 0.15) is 12.4 Å². The van der Waals surface area contributed by atoms with Crippen LogP contribution in [0, 0.1) is 5.92 Å². The number of halogens is 1. The van der Waals surface area contributed by atoms with Gasteiger partial charge in [-0.25, -0.2) is 9.78 Å². The van der Waals surface area contributed by atoms with Crippen LogP contribution in [-0.2, 0) is 4.79 Å². The van der Waals surface area contributed by atoms with Crippen LogP contribution in [0.5, 0.6) is 0 Å². The molecule has 2 amide bonds. The molecule has 0 atom stereocenters. The minimum atomic E-state index is -1.11. The lowest BCUT2D eigenvalue weighted by Crippen LogP contribution is -2.40. The van der Waals surface area contributed by atoms with E-state index in [0.717, 1.165) is 54.0 Å². The summed E-state index contributed by atoms with van der Waals surface area (Å²) < 4.78 is 0. The van der Waals surface area contributed by atoms with E-state index in [-0.39, 0.29) is 6.54 Å². The van der Waals surface area contributed by atoms with E-state index in [1.54, 1.807) is 0 Å². The number of para-hydroxylation sites is 1. The van der Waals surface area contributed by atoms with Crippen molar-refractivity contribution in [2.45, 2.75) is 19.3 Å². The zero-order valence-electron chi connectivity index (χ0n) is 15.0. The van der Waals surface area contributed by atoms with Crippen LogP contribution in [0.15, 0.2) is 30.3 Å². The lowest BCUT2D eigenvalue weighted by atomic mass is 9.93. The topological polar surface area (TPSA) is 99.8 Å². The highest BCUT2D eigenvalue weighted by Gasteiger charge is 2.22. The molecule has 1 fully saturated rings. The predicted molar refractivity (Wildman–Crippen MR) is 105 cm³/mol. The molecule has 27 heavy (non-hydrogen) atoms. The van der Waals surface area contributed by atoms with Gasteiger partial charge in [-0.1, -0.05) is 23.7 Å². The van der Waals surface area contributed by atoms with Crippen LogP contribution in [0.1, 0.15) is 19.3 Å². The van der Waals surface area contributed by atoms with Crippen LogP contribution in [0.2, 0.25) is 5.02 Å². The van der Waals surface area contributed by atoms with Crippen molar-refractivity contribution in [1.29, 1.82) is 0 Å². The zero-order chi connectivity index (χ0) is 19.4. The summed E-state index contributed by atoms with van der Waals surface area (Å²) in [7, 11) is 0. The van der Waals surface area contributed by atoms with Gasteiger partial charge in [-0.15, -0.1) is 0 Å². The first-order valence-electron chi connectivity index (χ1n) is 9.00. The predicted octanol–water partition coefficient (Wildman–Crippen LogP) is 2.96. The molecule has 0 radical (unpaired) electrons. The molecule has 1 aliphatic heterocycles. The molecule has 3 N–H and O–H groups in total. The van der Waals surface area contributed by atoms with E-state index in [2.05, 4.69) is 4.90 Å². The number of nitrogens with zero attached hydrogens (tertiary/aromatic N) is 3. The summed E-state index contributed by atoms with van der Waals surface area (Å²) in [5.41, 5.74) is 5.91. The number of piperidine rings is 1. The number of fused-ring (bicyclic) bond motifs is 1. The first kappa shape index (κ1) is 19.2. The highest BCUT2D eigenvalue weighted by molar-refractivity contribution is 6.35. The fraction of sp³-hybridized carbons (Fsp3) is 0.421. The Hall–Kier alpha value is -2.54. The van der Waals surface area contributed by atoms with E-state index in [4.69, 9.17) is 27.4 Å². The molecule has 3 rings (SSSR count). The number of carbonyl (C=O) groups excluding carboxylic acids is 1. The molecule has 0 unspecified atom stereocenters. The van der Waals surface area contributed by atoms with Gasteiger partial charge < -0.3 is 15.7 Å². The fourth-order valence-corrected chi connectivity index (χ4v) is 3.72. The van der Waals surface area contributed by atoms with Crippen molar-refractivity contribution in [2.75, 3.05) is 31.1 Å². The zero-order valence-corrected chi connectivity index (χ0v) is 15.7. The number of carbonyl (C=O) groups is 2. The maximum atomic E-state index is 11.2. The number of hydrogen-bond donors (Lipinski definition) is 2. The van der Waals surface area contributed by atoms with E-state index >= 15 is 0 Å². The molecule has 7 nitrogen and oxygen atoms in total. The summed E-state index contributed by atoms with van der Waals surface area (Å²) in [5, 5.41) is 10.8.